The molecule has 1 amide bonds. The number of carbonyl (C=O) groups is 1. The maximum absolute atomic E-state index is 13.6. The highest BCUT2D eigenvalue weighted by molar-refractivity contribution is 14.1. The van der Waals surface area contributed by atoms with Crippen LogP contribution in [0.15, 0.2) is 41.5 Å². The number of amides is 1. The largest absolute Gasteiger partial charge is 0.378 e. The Morgan fingerprint density at radius 2 is 2.03 bits per heavy atom. The molecular weight excluding hydrogens is 500 g/mol. The maximum Gasteiger partial charge on any atom is 0.261 e. The molecule has 0 aliphatic carbocycles. The standard InChI is InChI=1S/C21H19FIN5O2/c1-10-6-13(11(2)26-16-5-4-12(22)8-14(16)19(24)29)17-15(7-10)21(30)27(3)20-18(23)25-9-28(17)20/h4-9,11,26H,1-3H3,(H2,24,29). The van der Waals surface area contributed by atoms with Crippen molar-refractivity contribution in [3.63, 3.8) is 0 Å². The van der Waals surface area contributed by atoms with Gasteiger partial charge in [-0.1, -0.05) is 6.07 Å². The Kier molecular flexibility index (Phi) is 5.00. The highest BCUT2D eigenvalue weighted by atomic mass is 127. The van der Waals surface area contributed by atoms with Gasteiger partial charge in [-0.05, 0) is 71.8 Å². The first kappa shape index (κ1) is 20.3. The summed E-state index contributed by atoms with van der Waals surface area (Å²) >= 11 is 2.10. The Labute approximate surface area is 184 Å². The van der Waals surface area contributed by atoms with E-state index < -0.39 is 11.7 Å². The minimum absolute atomic E-state index is 0.0667. The van der Waals surface area contributed by atoms with Crippen molar-refractivity contribution >= 4 is 50.7 Å². The molecule has 7 nitrogen and oxygen atoms in total. The number of anilines is 1. The fourth-order valence-electron chi connectivity index (χ4n) is 3.79. The smallest absolute Gasteiger partial charge is 0.261 e. The summed E-state index contributed by atoms with van der Waals surface area (Å²) < 4.78 is 17.8. The number of aromatic nitrogens is 3. The van der Waals surface area contributed by atoms with Crippen LogP contribution in [0.5, 0.6) is 0 Å². The minimum atomic E-state index is -0.723. The van der Waals surface area contributed by atoms with Crippen LogP contribution in [-0.2, 0) is 7.05 Å². The van der Waals surface area contributed by atoms with Crippen LogP contribution in [0.3, 0.4) is 0 Å². The predicted octanol–water partition coefficient (Wildman–Crippen LogP) is 3.51. The van der Waals surface area contributed by atoms with Gasteiger partial charge in [0.2, 0.25) is 0 Å². The number of imidazole rings is 1. The van der Waals surface area contributed by atoms with Crippen LogP contribution in [0, 0.1) is 16.4 Å². The second-order valence-electron chi connectivity index (χ2n) is 7.26. The summed E-state index contributed by atoms with van der Waals surface area (Å²) in [6, 6.07) is 7.39. The normalized spacial score (nSPS) is 12.4. The van der Waals surface area contributed by atoms with Gasteiger partial charge in [-0.2, -0.15) is 0 Å². The molecule has 4 aromatic rings. The number of nitrogens with one attached hydrogen (secondary N) is 1. The summed E-state index contributed by atoms with van der Waals surface area (Å²) in [5.41, 5.74) is 9.00. The van der Waals surface area contributed by atoms with Crippen molar-refractivity contribution < 1.29 is 9.18 Å². The number of fused-ring (bicyclic) bond motifs is 3. The number of rotatable bonds is 4. The summed E-state index contributed by atoms with van der Waals surface area (Å²) in [7, 11) is 1.72. The van der Waals surface area contributed by atoms with Gasteiger partial charge in [0.25, 0.3) is 11.5 Å². The summed E-state index contributed by atoms with van der Waals surface area (Å²) in [5, 5.41) is 3.81. The predicted molar refractivity (Wildman–Crippen MR) is 122 cm³/mol. The molecule has 4 rings (SSSR count). The first-order chi connectivity index (χ1) is 14.2. The third kappa shape index (κ3) is 3.22. The number of hydrogen-bond donors (Lipinski definition) is 2. The van der Waals surface area contributed by atoms with Gasteiger partial charge in [-0.25, -0.2) is 9.37 Å². The van der Waals surface area contributed by atoms with Crippen molar-refractivity contribution in [1.29, 1.82) is 0 Å². The van der Waals surface area contributed by atoms with E-state index in [1.165, 1.54) is 12.1 Å². The van der Waals surface area contributed by atoms with Crippen LogP contribution in [0.4, 0.5) is 10.1 Å². The number of aryl methyl sites for hydroxylation is 2. The van der Waals surface area contributed by atoms with E-state index >= 15 is 0 Å². The summed E-state index contributed by atoms with van der Waals surface area (Å²) in [4.78, 5) is 29.2. The fourth-order valence-corrected chi connectivity index (χ4v) is 4.53. The molecule has 9 heteroatoms. The lowest BCUT2D eigenvalue weighted by atomic mass is 10.00. The maximum atomic E-state index is 13.6. The Morgan fingerprint density at radius 3 is 2.73 bits per heavy atom. The second kappa shape index (κ2) is 7.38. The first-order valence-electron chi connectivity index (χ1n) is 9.20. The molecule has 30 heavy (non-hydrogen) atoms. The van der Waals surface area contributed by atoms with E-state index in [-0.39, 0.29) is 17.2 Å². The zero-order valence-electron chi connectivity index (χ0n) is 16.5. The van der Waals surface area contributed by atoms with Gasteiger partial charge in [0, 0.05) is 12.7 Å². The van der Waals surface area contributed by atoms with Crippen molar-refractivity contribution in [1.82, 2.24) is 14.0 Å². The number of hydrogen-bond acceptors (Lipinski definition) is 4. The average Bonchev–Trinajstić information content (AvgIpc) is 3.08. The highest BCUT2D eigenvalue weighted by Crippen LogP contribution is 2.30. The van der Waals surface area contributed by atoms with E-state index in [1.807, 2.05) is 30.4 Å². The molecule has 0 radical (unpaired) electrons. The van der Waals surface area contributed by atoms with Crippen LogP contribution in [0.1, 0.15) is 34.5 Å². The van der Waals surface area contributed by atoms with E-state index in [0.717, 1.165) is 26.4 Å². The minimum Gasteiger partial charge on any atom is -0.378 e. The fraction of sp³-hybridized carbons (Fsp3) is 0.190. The second-order valence-corrected chi connectivity index (χ2v) is 8.29. The van der Waals surface area contributed by atoms with Gasteiger partial charge >= 0.3 is 0 Å². The zero-order valence-corrected chi connectivity index (χ0v) is 18.7. The molecule has 2 aromatic carbocycles. The molecule has 154 valence electrons. The molecule has 0 bridgehead atoms. The number of nitrogens with zero attached hydrogens (tertiary/aromatic N) is 3. The third-order valence-corrected chi connectivity index (χ3v) is 5.92. The van der Waals surface area contributed by atoms with Crippen LogP contribution < -0.4 is 16.6 Å². The third-order valence-electron chi connectivity index (χ3n) is 5.16. The van der Waals surface area contributed by atoms with Crippen molar-refractivity contribution in [2.75, 3.05) is 5.32 Å². The number of primary amides is 1. The van der Waals surface area contributed by atoms with Gasteiger partial charge in [0.05, 0.1) is 22.5 Å². The molecule has 1 atom stereocenters. The highest BCUT2D eigenvalue weighted by Gasteiger charge is 2.20. The lowest BCUT2D eigenvalue weighted by Crippen LogP contribution is -2.22. The molecular formula is C21H19FIN5O2. The van der Waals surface area contributed by atoms with Crippen molar-refractivity contribution in [3.05, 3.63) is 73.2 Å². The topological polar surface area (TPSA) is 94.4 Å². The van der Waals surface area contributed by atoms with Crippen molar-refractivity contribution in [2.45, 2.75) is 19.9 Å². The summed E-state index contributed by atoms with van der Waals surface area (Å²) in [6.07, 6.45) is 1.69. The zero-order chi connectivity index (χ0) is 21.7. The van der Waals surface area contributed by atoms with Crippen molar-refractivity contribution in [3.8, 4) is 0 Å². The lowest BCUT2D eigenvalue weighted by molar-refractivity contribution is 0.100. The van der Waals surface area contributed by atoms with Crippen molar-refractivity contribution in [2.24, 2.45) is 12.8 Å². The molecule has 1 unspecified atom stereocenters. The van der Waals surface area contributed by atoms with E-state index in [2.05, 4.69) is 32.9 Å². The van der Waals surface area contributed by atoms with Crippen LogP contribution in [-0.4, -0.2) is 19.9 Å². The van der Waals surface area contributed by atoms with Gasteiger partial charge in [0.15, 0.2) is 5.65 Å². The molecule has 0 fully saturated rings. The number of halogens is 2. The molecule has 3 N–H and O–H groups in total. The molecule has 0 saturated carbocycles. The molecule has 2 aromatic heterocycles. The Balaban J connectivity index is 1.95. The monoisotopic (exact) mass is 519 g/mol. The number of nitrogens with two attached hydrogens (primary N) is 1. The average molecular weight is 519 g/mol. The van der Waals surface area contributed by atoms with E-state index in [1.54, 1.807) is 17.9 Å². The van der Waals surface area contributed by atoms with Crippen LogP contribution >= 0.6 is 22.6 Å². The molecule has 0 spiro atoms. The van der Waals surface area contributed by atoms with E-state index in [4.69, 9.17) is 5.73 Å². The quantitative estimate of drug-likeness (QED) is 0.404. The lowest BCUT2D eigenvalue weighted by Gasteiger charge is -2.21. The first-order valence-corrected chi connectivity index (χ1v) is 10.3. The SMILES string of the molecule is Cc1cc(C(C)Nc2ccc(F)cc2C(N)=O)c2c(c1)c(=O)n(C)c1c(I)ncn21. The molecule has 0 saturated heterocycles. The molecule has 0 aliphatic heterocycles. The Bertz CT molecular complexity index is 1390. The summed E-state index contributed by atoms with van der Waals surface area (Å²) in [5.74, 6) is -1.26. The number of benzene rings is 2. The van der Waals surface area contributed by atoms with Gasteiger partial charge in [-0.15, -0.1) is 0 Å². The van der Waals surface area contributed by atoms with Gasteiger partial charge in [-0.3, -0.25) is 18.6 Å². The Hall–Kier alpha value is -2.95. The molecule has 0 aliphatic rings. The summed E-state index contributed by atoms with van der Waals surface area (Å²) in [6.45, 7) is 3.83. The Morgan fingerprint density at radius 1 is 1.30 bits per heavy atom. The van der Waals surface area contributed by atoms with Crippen LogP contribution in [0.25, 0.3) is 16.6 Å². The van der Waals surface area contributed by atoms with Gasteiger partial charge < -0.3 is 11.1 Å². The van der Waals surface area contributed by atoms with E-state index in [9.17, 15) is 14.0 Å². The van der Waals surface area contributed by atoms with Gasteiger partial charge in [0.1, 0.15) is 15.8 Å². The van der Waals surface area contributed by atoms with Crippen LogP contribution in [0.2, 0.25) is 0 Å². The number of carbonyl (C=O) groups excluding carboxylic acids is 1. The molecule has 2 heterocycles. The van der Waals surface area contributed by atoms with E-state index in [0.29, 0.717) is 16.7 Å².